The molecule has 0 N–H and O–H groups in total. The summed E-state index contributed by atoms with van der Waals surface area (Å²) in [6.07, 6.45) is -2.96. The van der Waals surface area contributed by atoms with Gasteiger partial charge in [0.25, 0.3) is 12.4 Å². The molecule has 146 valence electrons. The van der Waals surface area contributed by atoms with E-state index in [2.05, 4.69) is 15.1 Å². The van der Waals surface area contributed by atoms with E-state index < -0.39 is 35.8 Å². The molecule has 3 heterocycles. The van der Waals surface area contributed by atoms with Gasteiger partial charge in [0, 0.05) is 5.56 Å². The second kappa shape index (κ2) is 6.80. The molecule has 6 nitrogen and oxygen atoms in total. The third kappa shape index (κ3) is 3.16. The summed E-state index contributed by atoms with van der Waals surface area (Å²) in [5, 5.41) is 3.59. The van der Waals surface area contributed by atoms with Crippen molar-refractivity contribution < 1.29 is 26.7 Å². The van der Waals surface area contributed by atoms with Crippen molar-refractivity contribution in [2.75, 3.05) is 13.1 Å². The molecule has 28 heavy (non-hydrogen) atoms. The molecule has 1 aliphatic rings. The van der Waals surface area contributed by atoms with E-state index in [1.165, 1.54) is 11.0 Å². The van der Waals surface area contributed by atoms with E-state index in [1.54, 1.807) is 0 Å². The zero-order valence-corrected chi connectivity index (χ0v) is 14.1. The lowest BCUT2D eigenvalue weighted by atomic mass is 10.1. The SMILES string of the molecule is O=C(Cn1nc(F)c2ncc(-c3ccc(F)c(C(F)F)c3)nc21)N1CC(F)C1. The van der Waals surface area contributed by atoms with Gasteiger partial charge < -0.3 is 4.90 Å². The topological polar surface area (TPSA) is 63.9 Å². The highest BCUT2D eigenvalue weighted by molar-refractivity contribution is 5.80. The molecule has 0 aliphatic carbocycles. The molecule has 0 saturated carbocycles. The zero-order chi connectivity index (χ0) is 20.0. The number of amides is 1. The van der Waals surface area contributed by atoms with Crippen molar-refractivity contribution in [1.82, 2.24) is 24.6 Å². The van der Waals surface area contributed by atoms with Gasteiger partial charge in [0.15, 0.2) is 11.2 Å². The van der Waals surface area contributed by atoms with Gasteiger partial charge >= 0.3 is 0 Å². The first kappa shape index (κ1) is 18.3. The van der Waals surface area contributed by atoms with Crippen LogP contribution < -0.4 is 0 Å². The molecule has 2 aromatic heterocycles. The molecule has 1 fully saturated rings. The normalized spacial score (nSPS) is 14.7. The van der Waals surface area contributed by atoms with Crippen LogP contribution in [-0.2, 0) is 11.3 Å². The molecule has 0 radical (unpaired) electrons. The number of nitrogens with zero attached hydrogens (tertiary/aromatic N) is 5. The van der Waals surface area contributed by atoms with E-state index in [0.29, 0.717) is 0 Å². The predicted octanol–water partition coefficient (Wildman–Crippen LogP) is 2.89. The average molecular weight is 397 g/mol. The number of fused-ring (bicyclic) bond motifs is 1. The Labute approximate surface area is 154 Å². The Morgan fingerprint density at radius 2 is 2.00 bits per heavy atom. The predicted molar refractivity (Wildman–Crippen MR) is 87.1 cm³/mol. The maximum Gasteiger partial charge on any atom is 0.266 e. The van der Waals surface area contributed by atoms with E-state index in [1.807, 2.05) is 0 Å². The number of benzene rings is 1. The van der Waals surface area contributed by atoms with Gasteiger partial charge in [-0.1, -0.05) is 0 Å². The van der Waals surface area contributed by atoms with Gasteiger partial charge in [-0.2, -0.15) is 4.39 Å². The molecule has 1 amide bonds. The monoisotopic (exact) mass is 397 g/mol. The van der Waals surface area contributed by atoms with Gasteiger partial charge in [-0.05, 0) is 18.2 Å². The van der Waals surface area contributed by atoms with Crippen molar-refractivity contribution in [2.45, 2.75) is 19.1 Å². The lowest BCUT2D eigenvalue weighted by Gasteiger charge is -2.34. The molecule has 1 saturated heterocycles. The first-order valence-corrected chi connectivity index (χ1v) is 8.22. The van der Waals surface area contributed by atoms with E-state index in [9.17, 15) is 26.7 Å². The highest BCUT2D eigenvalue weighted by atomic mass is 19.3. The highest BCUT2D eigenvalue weighted by Crippen LogP contribution is 2.28. The quantitative estimate of drug-likeness (QED) is 0.635. The maximum atomic E-state index is 14.0. The van der Waals surface area contributed by atoms with Crippen LogP contribution in [0.1, 0.15) is 12.0 Å². The van der Waals surface area contributed by atoms with Crippen LogP contribution in [0, 0.1) is 11.8 Å². The van der Waals surface area contributed by atoms with Crippen LogP contribution in [0.3, 0.4) is 0 Å². The summed E-state index contributed by atoms with van der Waals surface area (Å²) in [6, 6.07) is 3.04. The van der Waals surface area contributed by atoms with E-state index >= 15 is 0 Å². The molecular formula is C17H12F5N5O. The number of aromatic nitrogens is 4. The summed E-state index contributed by atoms with van der Waals surface area (Å²) >= 11 is 0. The number of hydrogen-bond donors (Lipinski definition) is 0. The van der Waals surface area contributed by atoms with Gasteiger partial charge in [0.2, 0.25) is 5.91 Å². The molecule has 1 aliphatic heterocycles. The fourth-order valence-electron chi connectivity index (χ4n) is 2.88. The van der Waals surface area contributed by atoms with Crippen LogP contribution in [-0.4, -0.2) is 49.8 Å². The number of carbonyl (C=O) groups is 1. The molecule has 0 bridgehead atoms. The minimum atomic E-state index is -3.02. The third-order valence-corrected chi connectivity index (χ3v) is 4.40. The Morgan fingerprint density at radius 3 is 2.68 bits per heavy atom. The summed E-state index contributed by atoms with van der Waals surface area (Å²) in [4.78, 5) is 21.4. The lowest BCUT2D eigenvalue weighted by molar-refractivity contribution is -0.139. The minimum absolute atomic E-state index is 0.0383. The van der Waals surface area contributed by atoms with Crippen LogP contribution in [0.4, 0.5) is 22.0 Å². The van der Waals surface area contributed by atoms with Gasteiger partial charge in [-0.15, -0.1) is 5.10 Å². The molecule has 4 rings (SSSR count). The van der Waals surface area contributed by atoms with Gasteiger partial charge in [0.05, 0.1) is 30.5 Å². The molecule has 1 aromatic carbocycles. The summed E-state index contributed by atoms with van der Waals surface area (Å²) in [6.45, 7) is -0.455. The fourth-order valence-corrected chi connectivity index (χ4v) is 2.88. The van der Waals surface area contributed by atoms with Gasteiger partial charge in [-0.3, -0.25) is 4.79 Å². The summed E-state index contributed by atoms with van der Waals surface area (Å²) in [7, 11) is 0. The smallest absolute Gasteiger partial charge is 0.266 e. The van der Waals surface area contributed by atoms with Crippen LogP contribution in [0.2, 0.25) is 0 Å². The summed E-state index contributed by atoms with van der Waals surface area (Å²) in [5.41, 5.74) is -0.861. The summed E-state index contributed by atoms with van der Waals surface area (Å²) < 4.78 is 67.2. The van der Waals surface area contributed by atoms with Crippen LogP contribution in [0.15, 0.2) is 24.4 Å². The van der Waals surface area contributed by atoms with Crippen LogP contribution in [0.5, 0.6) is 0 Å². The number of hydrogen-bond acceptors (Lipinski definition) is 4. The number of likely N-dealkylation sites (tertiary alicyclic amines) is 1. The standard InChI is InChI=1S/C17H12F5N5O/c18-9-5-26(6-9)13(28)7-27-17-14(16(22)25-27)23-4-12(24-17)8-1-2-11(19)10(3-8)15(20)21/h1-4,9,15H,5-7H2. The second-order valence-electron chi connectivity index (χ2n) is 6.31. The Bertz CT molecular complexity index is 1060. The molecule has 0 atom stereocenters. The lowest BCUT2D eigenvalue weighted by Crippen LogP contribution is -2.52. The van der Waals surface area contributed by atoms with Crippen LogP contribution in [0.25, 0.3) is 22.4 Å². The van der Waals surface area contributed by atoms with Crippen molar-refractivity contribution in [2.24, 2.45) is 0 Å². The average Bonchev–Trinajstić information content (AvgIpc) is 2.94. The number of alkyl halides is 3. The minimum Gasteiger partial charge on any atom is -0.335 e. The van der Waals surface area contributed by atoms with Crippen molar-refractivity contribution in [3.63, 3.8) is 0 Å². The van der Waals surface area contributed by atoms with Crippen molar-refractivity contribution in [3.05, 3.63) is 41.7 Å². The van der Waals surface area contributed by atoms with E-state index in [0.717, 1.165) is 23.0 Å². The van der Waals surface area contributed by atoms with E-state index in [4.69, 9.17) is 0 Å². The molecule has 3 aromatic rings. The first-order valence-electron chi connectivity index (χ1n) is 8.22. The Hall–Kier alpha value is -3.11. The molecule has 11 heteroatoms. The van der Waals surface area contributed by atoms with Crippen molar-refractivity contribution in [1.29, 1.82) is 0 Å². The Kier molecular flexibility index (Phi) is 4.44. The summed E-state index contributed by atoms with van der Waals surface area (Å²) in [5.74, 6) is -2.48. The molecule has 0 spiro atoms. The Balaban J connectivity index is 1.70. The highest BCUT2D eigenvalue weighted by Gasteiger charge is 2.31. The maximum absolute atomic E-state index is 14.0. The van der Waals surface area contributed by atoms with Gasteiger partial charge in [-0.25, -0.2) is 32.2 Å². The second-order valence-corrected chi connectivity index (χ2v) is 6.31. The number of halogens is 5. The molecule has 0 unspecified atom stereocenters. The van der Waals surface area contributed by atoms with Crippen molar-refractivity contribution in [3.8, 4) is 11.3 Å². The Morgan fingerprint density at radius 1 is 1.25 bits per heavy atom. The van der Waals surface area contributed by atoms with Crippen LogP contribution >= 0.6 is 0 Å². The fraction of sp³-hybridized carbons (Fsp3) is 0.294. The zero-order valence-electron chi connectivity index (χ0n) is 14.1. The number of rotatable bonds is 4. The van der Waals surface area contributed by atoms with Gasteiger partial charge in [0.1, 0.15) is 18.5 Å². The first-order chi connectivity index (χ1) is 13.3. The van der Waals surface area contributed by atoms with Crippen molar-refractivity contribution >= 4 is 17.1 Å². The molecular weight excluding hydrogens is 385 g/mol. The van der Waals surface area contributed by atoms with E-state index in [-0.39, 0.29) is 42.1 Å². The largest absolute Gasteiger partial charge is 0.335 e. The number of carbonyl (C=O) groups excluding carboxylic acids is 1. The third-order valence-electron chi connectivity index (χ3n) is 4.40.